The lowest BCUT2D eigenvalue weighted by atomic mass is 9.76. The highest BCUT2D eigenvalue weighted by Crippen LogP contribution is 2.59. The molecule has 0 fully saturated rings. The van der Waals surface area contributed by atoms with E-state index in [0.29, 0.717) is 17.1 Å². The van der Waals surface area contributed by atoms with Crippen molar-refractivity contribution in [1.82, 2.24) is 0 Å². The molecule has 2 aliphatic heterocycles. The highest BCUT2D eigenvalue weighted by Gasteiger charge is 2.56. The largest absolute Gasteiger partial charge is 0.456 e. The number of carbonyl (C=O) groups is 1. The van der Waals surface area contributed by atoms with E-state index in [0.717, 1.165) is 52.4 Å². The lowest BCUT2D eigenvalue weighted by molar-refractivity contribution is 0.0226. The Morgan fingerprint density at radius 1 is 0.833 bits per heavy atom. The Bertz CT molecular complexity index is 1430. The van der Waals surface area contributed by atoms with E-state index in [1.807, 2.05) is 78.9 Å². The van der Waals surface area contributed by atoms with E-state index in [2.05, 4.69) is 37.1 Å². The Morgan fingerprint density at radius 2 is 1.42 bits per heavy atom. The van der Waals surface area contributed by atoms with E-state index in [1.54, 1.807) is 0 Å². The number of nitrogens with one attached hydrogen (secondary N) is 1. The quantitative estimate of drug-likeness (QED) is 0.310. The van der Waals surface area contributed by atoms with Crippen molar-refractivity contribution in [2.75, 3.05) is 23.3 Å². The number of hydrogen-bond acceptors (Lipinski definition) is 5. The lowest BCUT2D eigenvalue weighted by Crippen LogP contribution is -2.33. The van der Waals surface area contributed by atoms with Crippen LogP contribution in [0.4, 0.5) is 17.1 Å². The Hall–Kier alpha value is -4.25. The fraction of sp³-hybridized carbons (Fsp3) is 0.194. The Morgan fingerprint density at radius 3 is 2.03 bits per heavy atom. The van der Waals surface area contributed by atoms with Crippen LogP contribution in [-0.2, 0) is 10.3 Å². The summed E-state index contributed by atoms with van der Waals surface area (Å²) in [4.78, 5) is 16.1. The molecule has 0 saturated carbocycles. The molecule has 36 heavy (non-hydrogen) atoms. The third kappa shape index (κ3) is 3.12. The molecule has 0 saturated heterocycles. The molecule has 1 spiro atoms. The third-order valence-electron chi connectivity index (χ3n) is 7.21. The molecule has 0 aromatic heterocycles. The predicted molar refractivity (Wildman–Crippen MR) is 143 cm³/mol. The number of nitrogens with zero attached hydrogens (tertiary/aromatic N) is 1. The van der Waals surface area contributed by atoms with Gasteiger partial charge < -0.3 is 19.7 Å². The van der Waals surface area contributed by atoms with Crippen LogP contribution < -0.4 is 15.0 Å². The molecule has 0 bridgehead atoms. The highest BCUT2D eigenvalue weighted by molar-refractivity contribution is 6.05. The van der Waals surface area contributed by atoms with Crippen LogP contribution in [0.1, 0.15) is 46.5 Å². The number of benzene rings is 4. The molecular formula is C31H28N2O3. The van der Waals surface area contributed by atoms with Crippen LogP contribution in [0.15, 0.2) is 84.9 Å². The maximum absolute atomic E-state index is 13.9. The van der Waals surface area contributed by atoms with Crippen LogP contribution in [0.2, 0.25) is 0 Å². The normalized spacial score (nSPS) is 14.4. The number of aryl methyl sites for hydroxylation is 1. The van der Waals surface area contributed by atoms with Gasteiger partial charge in [-0.2, -0.15) is 0 Å². The van der Waals surface area contributed by atoms with Gasteiger partial charge in [0.15, 0.2) is 5.60 Å². The van der Waals surface area contributed by atoms with Crippen molar-refractivity contribution in [3.63, 3.8) is 0 Å². The van der Waals surface area contributed by atoms with E-state index < -0.39 is 5.60 Å². The van der Waals surface area contributed by atoms with Gasteiger partial charge in [-0.1, -0.05) is 54.6 Å². The van der Waals surface area contributed by atoms with Gasteiger partial charge in [0.1, 0.15) is 11.5 Å². The van der Waals surface area contributed by atoms with Gasteiger partial charge in [-0.15, -0.1) is 0 Å². The standard InChI is InChI=1S/C31H28N2O3/c1-4-33(5-2)24-19-20(3)29(32-21-13-7-6-8-14-21)28-27(24)30(34)36-31(28)22-15-9-11-17-25(22)35-26-18-12-10-16-23(26)31/h6-19,32H,4-5H2,1-3H3. The monoisotopic (exact) mass is 476 g/mol. The molecule has 0 amide bonds. The number of hydrogen-bond donors (Lipinski definition) is 1. The number of para-hydroxylation sites is 3. The van der Waals surface area contributed by atoms with Crippen molar-refractivity contribution in [3.05, 3.63) is 113 Å². The first-order valence-electron chi connectivity index (χ1n) is 12.4. The molecule has 0 atom stereocenters. The van der Waals surface area contributed by atoms with Crippen LogP contribution in [0.3, 0.4) is 0 Å². The second-order valence-electron chi connectivity index (χ2n) is 9.17. The summed E-state index contributed by atoms with van der Waals surface area (Å²) >= 11 is 0. The first-order chi connectivity index (χ1) is 17.6. The summed E-state index contributed by atoms with van der Waals surface area (Å²) in [5, 5.41) is 3.64. The van der Waals surface area contributed by atoms with Gasteiger partial charge >= 0.3 is 5.97 Å². The Kier molecular flexibility index (Phi) is 5.22. The second-order valence-corrected chi connectivity index (χ2v) is 9.17. The van der Waals surface area contributed by atoms with Crippen molar-refractivity contribution >= 4 is 23.0 Å². The van der Waals surface area contributed by atoms with Gasteiger partial charge in [0, 0.05) is 35.5 Å². The van der Waals surface area contributed by atoms with Crippen molar-refractivity contribution in [2.24, 2.45) is 0 Å². The average Bonchev–Trinajstić information content (AvgIpc) is 3.21. The van der Waals surface area contributed by atoms with Crippen molar-refractivity contribution in [3.8, 4) is 11.5 Å². The Balaban J connectivity index is 1.74. The zero-order valence-electron chi connectivity index (χ0n) is 20.7. The lowest BCUT2D eigenvalue weighted by Gasteiger charge is -2.37. The average molecular weight is 477 g/mol. The van der Waals surface area contributed by atoms with Crippen molar-refractivity contribution in [2.45, 2.75) is 26.4 Å². The topological polar surface area (TPSA) is 50.8 Å². The number of ether oxygens (including phenoxy) is 2. The first kappa shape index (κ1) is 22.2. The number of esters is 1. The number of rotatable bonds is 5. The molecule has 180 valence electrons. The summed E-state index contributed by atoms with van der Waals surface area (Å²) in [6.07, 6.45) is 0. The van der Waals surface area contributed by atoms with Gasteiger partial charge in [-0.25, -0.2) is 4.79 Å². The van der Waals surface area contributed by atoms with E-state index in [-0.39, 0.29) is 5.97 Å². The van der Waals surface area contributed by atoms with Crippen LogP contribution >= 0.6 is 0 Å². The molecule has 0 aliphatic carbocycles. The van der Waals surface area contributed by atoms with Gasteiger partial charge in [0.2, 0.25) is 0 Å². The predicted octanol–water partition coefficient (Wildman–Crippen LogP) is 7.15. The van der Waals surface area contributed by atoms with E-state index in [1.165, 1.54) is 0 Å². The molecule has 6 rings (SSSR count). The highest BCUT2D eigenvalue weighted by atomic mass is 16.6. The molecule has 4 aromatic rings. The fourth-order valence-electron chi connectivity index (χ4n) is 5.58. The molecule has 2 aliphatic rings. The number of anilines is 3. The summed E-state index contributed by atoms with van der Waals surface area (Å²) < 4.78 is 12.8. The molecule has 4 aromatic carbocycles. The Labute approximate surface area is 211 Å². The molecule has 5 nitrogen and oxygen atoms in total. The molecule has 5 heteroatoms. The SMILES string of the molecule is CCN(CC)c1cc(C)c(Nc2ccccc2)c2c1C(=O)OC21c2ccccc2Oc2ccccc21. The number of fused-ring (bicyclic) bond motifs is 6. The molecule has 2 heterocycles. The van der Waals surface area contributed by atoms with E-state index in [9.17, 15) is 4.79 Å². The van der Waals surface area contributed by atoms with Crippen molar-refractivity contribution in [1.29, 1.82) is 0 Å². The van der Waals surface area contributed by atoms with E-state index in [4.69, 9.17) is 9.47 Å². The van der Waals surface area contributed by atoms with Gasteiger partial charge in [0.05, 0.1) is 16.9 Å². The van der Waals surface area contributed by atoms with Crippen molar-refractivity contribution < 1.29 is 14.3 Å². The summed E-state index contributed by atoms with van der Waals surface area (Å²) in [5.41, 5.74) is 5.71. The maximum atomic E-state index is 13.9. The summed E-state index contributed by atoms with van der Waals surface area (Å²) in [6, 6.07) is 27.8. The minimum Gasteiger partial charge on any atom is -0.456 e. The molecular weight excluding hydrogens is 448 g/mol. The van der Waals surface area contributed by atoms with Gasteiger partial charge in [-0.05, 0) is 56.7 Å². The van der Waals surface area contributed by atoms with Gasteiger partial charge in [-0.3, -0.25) is 0 Å². The zero-order valence-corrected chi connectivity index (χ0v) is 20.7. The van der Waals surface area contributed by atoms with E-state index >= 15 is 0 Å². The summed E-state index contributed by atoms with van der Waals surface area (Å²) in [7, 11) is 0. The van der Waals surface area contributed by atoms with Gasteiger partial charge in [0.25, 0.3) is 0 Å². The fourth-order valence-corrected chi connectivity index (χ4v) is 5.58. The minimum atomic E-state index is -1.14. The molecule has 0 radical (unpaired) electrons. The second kappa shape index (κ2) is 8.45. The van der Waals surface area contributed by atoms with Crippen LogP contribution in [0.25, 0.3) is 0 Å². The minimum absolute atomic E-state index is 0.325. The maximum Gasteiger partial charge on any atom is 0.342 e. The molecule has 0 unspecified atom stereocenters. The smallest absolute Gasteiger partial charge is 0.342 e. The number of carbonyl (C=O) groups excluding carboxylic acids is 1. The zero-order chi connectivity index (χ0) is 24.9. The summed E-state index contributed by atoms with van der Waals surface area (Å²) in [5.74, 6) is 1.05. The van der Waals surface area contributed by atoms with Crippen LogP contribution in [0, 0.1) is 6.92 Å². The summed E-state index contributed by atoms with van der Waals surface area (Å²) in [6.45, 7) is 7.87. The van der Waals surface area contributed by atoms with Crippen LogP contribution in [0.5, 0.6) is 11.5 Å². The third-order valence-corrected chi connectivity index (χ3v) is 7.21. The molecule has 1 N–H and O–H groups in total. The first-order valence-corrected chi connectivity index (χ1v) is 12.4. The van der Waals surface area contributed by atoms with Crippen LogP contribution in [-0.4, -0.2) is 19.1 Å².